The monoisotopic (exact) mass is 382 g/mol. The van der Waals surface area contributed by atoms with Crippen molar-refractivity contribution in [3.63, 3.8) is 0 Å². The first kappa shape index (κ1) is 17.1. The Bertz CT molecular complexity index is 813. The van der Waals surface area contributed by atoms with Crippen LogP contribution < -0.4 is 4.74 Å². The molecule has 0 saturated carbocycles. The van der Waals surface area contributed by atoms with E-state index in [4.69, 9.17) is 9.47 Å². The van der Waals surface area contributed by atoms with Gasteiger partial charge in [-0.3, -0.25) is 9.78 Å². The van der Waals surface area contributed by atoms with E-state index in [1.54, 1.807) is 12.4 Å². The molecule has 2 saturated heterocycles. The number of hydrogen-bond acceptors (Lipinski definition) is 5. The molecule has 2 atom stereocenters. The van der Waals surface area contributed by atoms with E-state index in [0.717, 1.165) is 42.1 Å². The Labute approximate surface area is 163 Å². The van der Waals surface area contributed by atoms with Crippen LogP contribution in [0.4, 0.5) is 0 Å². The van der Waals surface area contributed by atoms with Gasteiger partial charge in [0.2, 0.25) is 0 Å². The standard InChI is InChI=1S/C21H22N2O3S/c24-20(19-9-16-3-1-2-4-18(16)26-19)23-13-21(14-23)10-17(12-27-21)25-11-15-5-7-22-8-6-15/h1-8,17,19H,9-14H2/t17-,19+/m0/s1. The number of likely N-dealkylation sites (tertiary alicyclic amines) is 1. The predicted octanol–water partition coefficient (Wildman–Crippen LogP) is 2.69. The van der Waals surface area contributed by atoms with Crippen molar-refractivity contribution in [1.29, 1.82) is 0 Å². The fraction of sp³-hybridized carbons (Fsp3) is 0.429. The number of amides is 1. The first-order valence-electron chi connectivity index (χ1n) is 9.39. The van der Waals surface area contributed by atoms with Gasteiger partial charge in [-0.1, -0.05) is 18.2 Å². The summed E-state index contributed by atoms with van der Waals surface area (Å²) in [5.41, 5.74) is 2.28. The van der Waals surface area contributed by atoms with E-state index in [9.17, 15) is 4.79 Å². The molecule has 0 bridgehead atoms. The number of aromatic nitrogens is 1. The average molecular weight is 382 g/mol. The van der Waals surface area contributed by atoms with Gasteiger partial charge in [0.15, 0.2) is 6.10 Å². The van der Waals surface area contributed by atoms with Crippen molar-refractivity contribution in [2.24, 2.45) is 0 Å². The fourth-order valence-corrected chi connectivity index (χ4v) is 5.70. The SMILES string of the molecule is O=C([C@H]1Cc2ccccc2O1)N1CC2(C[C@H](OCc3ccncc3)CS2)C1. The minimum absolute atomic E-state index is 0.124. The molecule has 140 valence electrons. The smallest absolute Gasteiger partial charge is 0.264 e. The van der Waals surface area contributed by atoms with Crippen LogP contribution in [0.1, 0.15) is 17.5 Å². The molecule has 1 aromatic carbocycles. The lowest BCUT2D eigenvalue weighted by Crippen LogP contribution is -2.63. The van der Waals surface area contributed by atoms with Crippen LogP contribution in [-0.2, 0) is 22.6 Å². The maximum Gasteiger partial charge on any atom is 0.264 e. The van der Waals surface area contributed by atoms with Gasteiger partial charge in [-0.2, -0.15) is 0 Å². The summed E-state index contributed by atoms with van der Waals surface area (Å²) in [5.74, 6) is 1.97. The molecule has 1 aromatic heterocycles. The van der Waals surface area contributed by atoms with Crippen LogP contribution in [-0.4, -0.2) is 51.6 Å². The second-order valence-corrected chi connectivity index (χ2v) is 9.09. The highest BCUT2D eigenvalue weighted by Crippen LogP contribution is 2.46. The molecule has 3 aliphatic rings. The zero-order valence-electron chi connectivity index (χ0n) is 15.0. The Morgan fingerprint density at radius 2 is 2.07 bits per heavy atom. The van der Waals surface area contributed by atoms with Crippen LogP contribution in [0.25, 0.3) is 0 Å². The summed E-state index contributed by atoms with van der Waals surface area (Å²) in [6, 6.07) is 11.9. The van der Waals surface area contributed by atoms with Gasteiger partial charge in [0.1, 0.15) is 5.75 Å². The number of fused-ring (bicyclic) bond motifs is 1. The first-order valence-corrected chi connectivity index (χ1v) is 10.4. The maximum atomic E-state index is 12.8. The summed E-state index contributed by atoms with van der Waals surface area (Å²) in [5, 5.41) is 0. The highest BCUT2D eigenvalue weighted by molar-refractivity contribution is 8.01. The maximum absolute atomic E-state index is 12.8. The van der Waals surface area contributed by atoms with Gasteiger partial charge in [0.25, 0.3) is 5.91 Å². The highest BCUT2D eigenvalue weighted by atomic mass is 32.2. The van der Waals surface area contributed by atoms with E-state index in [-0.39, 0.29) is 22.9 Å². The van der Waals surface area contributed by atoms with Crippen molar-refractivity contribution >= 4 is 17.7 Å². The Hall–Kier alpha value is -2.05. The lowest BCUT2D eigenvalue weighted by atomic mass is 9.92. The molecule has 0 radical (unpaired) electrons. The number of rotatable bonds is 4. The molecule has 0 unspecified atom stereocenters. The summed E-state index contributed by atoms with van der Waals surface area (Å²) in [7, 11) is 0. The Balaban J connectivity index is 1.12. The van der Waals surface area contributed by atoms with Gasteiger partial charge >= 0.3 is 0 Å². The molecule has 5 rings (SSSR count). The van der Waals surface area contributed by atoms with Crippen LogP contribution in [0.5, 0.6) is 5.75 Å². The quantitative estimate of drug-likeness (QED) is 0.814. The fourth-order valence-electron chi connectivity index (χ4n) is 4.15. The average Bonchev–Trinajstić information content (AvgIpc) is 3.30. The third-order valence-corrected chi connectivity index (χ3v) is 7.18. The van der Waals surface area contributed by atoms with Crippen molar-refractivity contribution in [2.75, 3.05) is 18.8 Å². The normalized spacial score (nSPS) is 25.1. The minimum Gasteiger partial charge on any atom is -0.480 e. The number of carbonyl (C=O) groups is 1. The van der Waals surface area contributed by atoms with Gasteiger partial charge in [-0.05, 0) is 35.7 Å². The van der Waals surface area contributed by atoms with Gasteiger partial charge in [-0.25, -0.2) is 0 Å². The summed E-state index contributed by atoms with van der Waals surface area (Å²) < 4.78 is 12.1. The van der Waals surface area contributed by atoms with Crippen molar-refractivity contribution in [3.05, 3.63) is 59.9 Å². The number of para-hydroxylation sites is 1. The molecule has 3 aliphatic heterocycles. The molecule has 27 heavy (non-hydrogen) atoms. The van der Waals surface area contributed by atoms with Gasteiger partial charge in [-0.15, -0.1) is 11.8 Å². The number of ether oxygens (including phenoxy) is 2. The lowest BCUT2D eigenvalue weighted by Gasteiger charge is -2.48. The third-order valence-electron chi connectivity index (χ3n) is 5.60. The van der Waals surface area contributed by atoms with Crippen LogP contribution >= 0.6 is 11.8 Å². The van der Waals surface area contributed by atoms with E-state index in [0.29, 0.717) is 13.0 Å². The minimum atomic E-state index is -0.357. The summed E-state index contributed by atoms with van der Waals surface area (Å²) >= 11 is 1.95. The molecular formula is C21H22N2O3S. The van der Waals surface area contributed by atoms with Crippen molar-refractivity contribution < 1.29 is 14.3 Å². The molecule has 1 spiro atoms. The summed E-state index contributed by atoms with van der Waals surface area (Å²) in [6.45, 7) is 2.24. The molecule has 2 aromatic rings. The number of pyridine rings is 1. The van der Waals surface area contributed by atoms with Gasteiger partial charge in [0.05, 0.1) is 17.5 Å². The lowest BCUT2D eigenvalue weighted by molar-refractivity contribution is -0.143. The molecule has 6 heteroatoms. The predicted molar refractivity (Wildman–Crippen MR) is 104 cm³/mol. The van der Waals surface area contributed by atoms with E-state index < -0.39 is 0 Å². The summed E-state index contributed by atoms with van der Waals surface area (Å²) in [6.07, 6.45) is 5.18. The van der Waals surface area contributed by atoms with Crippen LogP contribution in [0, 0.1) is 0 Å². The number of nitrogens with zero attached hydrogens (tertiary/aromatic N) is 2. The topological polar surface area (TPSA) is 51.7 Å². The molecule has 5 nitrogen and oxygen atoms in total. The number of hydrogen-bond donors (Lipinski definition) is 0. The number of thioether (sulfide) groups is 1. The van der Waals surface area contributed by atoms with E-state index in [2.05, 4.69) is 4.98 Å². The molecule has 4 heterocycles. The number of benzene rings is 1. The molecule has 2 fully saturated rings. The van der Waals surface area contributed by atoms with E-state index >= 15 is 0 Å². The van der Waals surface area contributed by atoms with E-state index in [1.807, 2.05) is 53.1 Å². The Morgan fingerprint density at radius 3 is 2.89 bits per heavy atom. The second kappa shape index (κ2) is 6.84. The molecule has 0 N–H and O–H groups in total. The molecular weight excluding hydrogens is 360 g/mol. The van der Waals surface area contributed by atoms with Gasteiger partial charge in [0, 0.05) is 37.7 Å². The first-order chi connectivity index (χ1) is 13.2. The van der Waals surface area contributed by atoms with Crippen LogP contribution in [0.2, 0.25) is 0 Å². The second-order valence-electron chi connectivity index (χ2n) is 7.60. The highest BCUT2D eigenvalue weighted by Gasteiger charge is 2.52. The number of carbonyl (C=O) groups excluding carboxylic acids is 1. The zero-order chi connectivity index (χ0) is 18.3. The zero-order valence-corrected chi connectivity index (χ0v) is 15.9. The Kier molecular flexibility index (Phi) is 4.32. The largest absolute Gasteiger partial charge is 0.480 e. The van der Waals surface area contributed by atoms with Crippen molar-refractivity contribution in [3.8, 4) is 5.75 Å². The molecule has 1 amide bonds. The van der Waals surface area contributed by atoms with Crippen LogP contribution in [0.15, 0.2) is 48.8 Å². The Morgan fingerprint density at radius 1 is 1.26 bits per heavy atom. The van der Waals surface area contributed by atoms with E-state index in [1.165, 1.54) is 0 Å². The third kappa shape index (κ3) is 3.32. The summed E-state index contributed by atoms with van der Waals surface area (Å²) in [4.78, 5) is 18.8. The van der Waals surface area contributed by atoms with Gasteiger partial charge < -0.3 is 14.4 Å². The van der Waals surface area contributed by atoms with Crippen LogP contribution in [0.3, 0.4) is 0 Å². The van der Waals surface area contributed by atoms with Crippen molar-refractivity contribution in [1.82, 2.24) is 9.88 Å². The molecule has 0 aliphatic carbocycles. The van der Waals surface area contributed by atoms with Crippen molar-refractivity contribution in [2.45, 2.75) is 36.4 Å².